The van der Waals surface area contributed by atoms with Gasteiger partial charge >= 0.3 is 0 Å². The van der Waals surface area contributed by atoms with Gasteiger partial charge in [-0.05, 0) is 36.8 Å². The van der Waals surface area contributed by atoms with Crippen LogP contribution in [0.2, 0.25) is 0 Å². The van der Waals surface area contributed by atoms with Gasteiger partial charge in [-0.15, -0.1) is 0 Å². The van der Waals surface area contributed by atoms with Crippen molar-refractivity contribution in [1.29, 1.82) is 0 Å². The van der Waals surface area contributed by atoms with Gasteiger partial charge in [0, 0.05) is 50.3 Å². The number of rotatable bonds is 5. The Hall–Kier alpha value is -3.41. The van der Waals surface area contributed by atoms with Gasteiger partial charge in [0.05, 0.1) is 0 Å². The Labute approximate surface area is 171 Å². The zero-order chi connectivity index (χ0) is 20.1. The molecule has 0 spiro atoms. The number of carbonyl (C=O) groups is 1. The fourth-order valence-corrected chi connectivity index (χ4v) is 3.55. The Morgan fingerprint density at radius 1 is 0.931 bits per heavy atom. The van der Waals surface area contributed by atoms with E-state index in [0.717, 1.165) is 24.6 Å². The molecule has 148 valence electrons. The molecule has 6 nitrogen and oxygen atoms in total. The molecule has 4 rings (SSSR count). The maximum Gasteiger partial charge on any atom is 0.272 e. The van der Waals surface area contributed by atoms with Crippen LogP contribution in [0.25, 0.3) is 0 Å². The van der Waals surface area contributed by atoms with Crippen LogP contribution < -0.4 is 10.2 Å². The predicted molar refractivity (Wildman–Crippen MR) is 115 cm³/mol. The third-order valence-corrected chi connectivity index (χ3v) is 5.20. The fraction of sp³-hybridized carbons (Fsp3) is 0.261. The molecule has 3 aromatic rings. The lowest BCUT2D eigenvalue weighted by molar-refractivity contribution is 0.0740. The molecule has 0 aliphatic carbocycles. The maximum absolute atomic E-state index is 13.0. The van der Waals surface area contributed by atoms with Crippen LogP contribution in [0.5, 0.6) is 0 Å². The monoisotopic (exact) mass is 387 g/mol. The van der Waals surface area contributed by atoms with Gasteiger partial charge in [0.25, 0.3) is 5.91 Å². The first-order valence-corrected chi connectivity index (χ1v) is 9.93. The average Bonchev–Trinajstić information content (AvgIpc) is 2.80. The standard InChI is InChI=1S/C23H25N5O/c1-18(19-7-3-2-4-8-19)26-20-10-12-24-21(17-20)23(29)28-15-13-27(14-16-28)22-9-5-6-11-25-22/h2-12,17-18H,13-16H2,1H3,(H,24,26). The lowest BCUT2D eigenvalue weighted by atomic mass is 10.1. The molecule has 6 heteroatoms. The normalized spacial score (nSPS) is 15.1. The van der Waals surface area contributed by atoms with Gasteiger partial charge in [0.15, 0.2) is 0 Å². The molecule has 1 fully saturated rings. The quantitative estimate of drug-likeness (QED) is 0.725. The molecule has 1 atom stereocenters. The summed E-state index contributed by atoms with van der Waals surface area (Å²) in [6.07, 6.45) is 3.49. The highest BCUT2D eigenvalue weighted by molar-refractivity contribution is 5.93. The summed E-state index contributed by atoms with van der Waals surface area (Å²) < 4.78 is 0. The van der Waals surface area contributed by atoms with Gasteiger partial charge < -0.3 is 15.1 Å². The largest absolute Gasteiger partial charge is 0.378 e. The Kier molecular flexibility index (Phi) is 5.70. The molecule has 1 aliphatic rings. The second-order valence-corrected chi connectivity index (χ2v) is 7.17. The van der Waals surface area contributed by atoms with Crippen LogP contribution in [0, 0.1) is 0 Å². The van der Waals surface area contributed by atoms with E-state index in [2.05, 4.69) is 39.2 Å². The summed E-state index contributed by atoms with van der Waals surface area (Å²) in [6.45, 7) is 4.97. The number of aromatic nitrogens is 2. The molecule has 1 aromatic carbocycles. The molecule has 1 unspecified atom stereocenters. The van der Waals surface area contributed by atoms with E-state index in [4.69, 9.17) is 0 Å². The van der Waals surface area contributed by atoms with Crippen molar-refractivity contribution in [2.75, 3.05) is 36.4 Å². The van der Waals surface area contributed by atoms with Crippen molar-refractivity contribution in [2.24, 2.45) is 0 Å². The minimum absolute atomic E-state index is 0.0262. The predicted octanol–water partition coefficient (Wildman–Crippen LogP) is 3.61. The number of anilines is 2. The van der Waals surface area contributed by atoms with Crippen LogP contribution in [0.1, 0.15) is 29.0 Å². The highest BCUT2D eigenvalue weighted by Gasteiger charge is 2.23. The van der Waals surface area contributed by atoms with E-state index in [1.807, 2.05) is 53.4 Å². The molecule has 29 heavy (non-hydrogen) atoms. The van der Waals surface area contributed by atoms with E-state index in [0.29, 0.717) is 18.8 Å². The summed E-state index contributed by atoms with van der Waals surface area (Å²) in [5.74, 6) is 0.931. The molecule has 1 N–H and O–H groups in total. The summed E-state index contributed by atoms with van der Waals surface area (Å²) in [7, 11) is 0. The van der Waals surface area contributed by atoms with Crippen LogP contribution >= 0.6 is 0 Å². The maximum atomic E-state index is 13.0. The molecular formula is C23H25N5O. The number of pyridine rings is 2. The van der Waals surface area contributed by atoms with Gasteiger partial charge in [0.1, 0.15) is 11.5 Å². The highest BCUT2D eigenvalue weighted by Crippen LogP contribution is 2.20. The fourth-order valence-electron chi connectivity index (χ4n) is 3.55. The molecule has 0 bridgehead atoms. The summed E-state index contributed by atoms with van der Waals surface area (Å²) >= 11 is 0. The lowest BCUT2D eigenvalue weighted by Crippen LogP contribution is -2.49. The molecule has 0 saturated carbocycles. The Morgan fingerprint density at radius 3 is 2.41 bits per heavy atom. The van der Waals surface area contributed by atoms with Crippen LogP contribution in [0.4, 0.5) is 11.5 Å². The highest BCUT2D eigenvalue weighted by atomic mass is 16.2. The Bertz CT molecular complexity index is 940. The van der Waals surface area contributed by atoms with Gasteiger partial charge in [0.2, 0.25) is 0 Å². The van der Waals surface area contributed by atoms with Gasteiger partial charge in [-0.2, -0.15) is 0 Å². The summed E-state index contributed by atoms with van der Waals surface area (Å²) in [5.41, 5.74) is 2.57. The Balaban J connectivity index is 1.39. The van der Waals surface area contributed by atoms with Gasteiger partial charge in [-0.25, -0.2) is 4.98 Å². The third-order valence-electron chi connectivity index (χ3n) is 5.20. The van der Waals surface area contributed by atoms with Crippen LogP contribution in [0.3, 0.4) is 0 Å². The smallest absolute Gasteiger partial charge is 0.272 e. The van der Waals surface area contributed by atoms with E-state index < -0.39 is 0 Å². The molecular weight excluding hydrogens is 362 g/mol. The van der Waals surface area contributed by atoms with Crippen molar-refractivity contribution >= 4 is 17.4 Å². The van der Waals surface area contributed by atoms with Crippen molar-refractivity contribution in [3.63, 3.8) is 0 Å². The van der Waals surface area contributed by atoms with E-state index >= 15 is 0 Å². The van der Waals surface area contributed by atoms with Crippen molar-refractivity contribution in [2.45, 2.75) is 13.0 Å². The van der Waals surface area contributed by atoms with Crippen LogP contribution in [-0.2, 0) is 0 Å². The lowest BCUT2D eigenvalue weighted by Gasteiger charge is -2.35. The van der Waals surface area contributed by atoms with Crippen molar-refractivity contribution in [3.8, 4) is 0 Å². The zero-order valence-electron chi connectivity index (χ0n) is 16.5. The van der Waals surface area contributed by atoms with Crippen molar-refractivity contribution < 1.29 is 4.79 Å². The number of hydrogen-bond acceptors (Lipinski definition) is 5. The minimum Gasteiger partial charge on any atom is -0.378 e. The van der Waals surface area contributed by atoms with E-state index in [1.165, 1.54) is 5.56 Å². The SMILES string of the molecule is CC(Nc1ccnc(C(=O)N2CCN(c3ccccn3)CC2)c1)c1ccccc1. The van der Waals surface area contributed by atoms with E-state index in [9.17, 15) is 4.79 Å². The number of piperazine rings is 1. The number of benzene rings is 1. The number of amides is 1. The second-order valence-electron chi connectivity index (χ2n) is 7.17. The molecule has 1 saturated heterocycles. The first-order chi connectivity index (χ1) is 14.2. The number of carbonyl (C=O) groups excluding carboxylic acids is 1. The number of nitrogens with one attached hydrogen (secondary N) is 1. The Morgan fingerprint density at radius 2 is 1.69 bits per heavy atom. The average molecular weight is 387 g/mol. The van der Waals surface area contributed by atoms with E-state index in [1.54, 1.807) is 12.4 Å². The molecule has 0 radical (unpaired) electrons. The van der Waals surface area contributed by atoms with Crippen LogP contribution in [-0.4, -0.2) is 47.0 Å². The second kappa shape index (κ2) is 8.73. The van der Waals surface area contributed by atoms with E-state index in [-0.39, 0.29) is 11.9 Å². The zero-order valence-corrected chi connectivity index (χ0v) is 16.5. The first kappa shape index (κ1) is 18.9. The topological polar surface area (TPSA) is 61.4 Å². The van der Waals surface area contributed by atoms with Crippen LogP contribution in [0.15, 0.2) is 73.1 Å². The van der Waals surface area contributed by atoms with Gasteiger partial charge in [-0.1, -0.05) is 36.4 Å². The molecule has 1 aliphatic heterocycles. The molecule has 1 amide bonds. The molecule has 3 heterocycles. The van der Waals surface area contributed by atoms with Gasteiger partial charge in [-0.3, -0.25) is 9.78 Å². The summed E-state index contributed by atoms with van der Waals surface area (Å²) in [4.78, 5) is 25.7. The first-order valence-electron chi connectivity index (χ1n) is 9.93. The minimum atomic E-state index is -0.0262. The number of hydrogen-bond donors (Lipinski definition) is 1. The summed E-state index contributed by atoms with van der Waals surface area (Å²) in [6, 6.07) is 20.0. The summed E-state index contributed by atoms with van der Waals surface area (Å²) in [5, 5.41) is 3.46. The van der Waals surface area contributed by atoms with Crippen molar-refractivity contribution in [3.05, 3.63) is 84.3 Å². The third kappa shape index (κ3) is 4.54. The van der Waals surface area contributed by atoms with Crippen molar-refractivity contribution in [1.82, 2.24) is 14.9 Å². The molecule has 2 aromatic heterocycles. The number of nitrogens with zero attached hydrogens (tertiary/aromatic N) is 4.